The van der Waals surface area contributed by atoms with Crippen molar-refractivity contribution in [2.45, 2.75) is 84.0 Å². The summed E-state index contributed by atoms with van der Waals surface area (Å²) in [5, 5.41) is 0. The molecule has 0 aromatic carbocycles. The Balaban J connectivity index is -0.0000000163. The van der Waals surface area contributed by atoms with Gasteiger partial charge in [-0.05, 0) is 5.92 Å². The van der Waals surface area contributed by atoms with E-state index in [-0.39, 0.29) is 44.6 Å². The molecule has 0 N–H and O–H groups in total. The standard InChI is InChI=1S/C7H15B.6CH4/c1-3-7(4-2)5-6-8;;;;;;/h7H,3-6H2,1-2H3;6*1H4. The monoisotopic (exact) mass is 206 g/mol. The Morgan fingerprint density at radius 1 is 0.786 bits per heavy atom. The number of hydrogen-bond acceptors (Lipinski definition) is 0. The van der Waals surface area contributed by atoms with Gasteiger partial charge in [0.15, 0.2) is 0 Å². The first-order valence-corrected chi connectivity index (χ1v) is 3.55. The molecule has 0 aliphatic carbocycles. The van der Waals surface area contributed by atoms with Crippen LogP contribution in [0.3, 0.4) is 0 Å². The van der Waals surface area contributed by atoms with Gasteiger partial charge >= 0.3 is 0 Å². The topological polar surface area (TPSA) is 0 Å². The molecular formula is C13H39B. The molecule has 0 heterocycles. The van der Waals surface area contributed by atoms with Crippen LogP contribution in [0.1, 0.15) is 77.7 Å². The van der Waals surface area contributed by atoms with Crippen molar-refractivity contribution in [2.24, 2.45) is 5.92 Å². The van der Waals surface area contributed by atoms with E-state index in [2.05, 4.69) is 13.8 Å². The molecule has 0 aromatic heterocycles. The summed E-state index contributed by atoms with van der Waals surface area (Å²) in [4.78, 5) is 0. The van der Waals surface area contributed by atoms with E-state index >= 15 is 0 Å². The molecule has 0 nitrogen and oxygen atoms in total. The summed E-state index contributed by atoms with van der Waals surface area (Å²) in [6.07, 6.45) is 4.63. The zero-order valence-corrected chi connectivity index (χ0v) is 5.98. The van der Waals surface area contributed by atoms with Crippen LogP contribution in [0.2, 0.25) is 6.32 Å². The average Bonchev–Trinajstić information content (AvgIpc) is 1.83. The summed E-state index contributed by atoms with van der Waals surface area (Å²) in [6, 6.07) is 0. The molecule has 0 saturated heterocycles. The van der Waals surface area contributed by atoms with Gasteiger partial charge in [-0.2, -0.15) is 0 Å². The third kappa shape index (κ3) is 29.6. The zero-order valence-electron chi connectivity index (χ0n) is 5.98. The van der Waals surface area contributed by atoms with Gasteiger partial charge in [0, 0.05) is 0 Å². The summed E-state index contributed by atoms with van der Waals surface area (Å²) in [6.45, 7) is 4.45. The maximum Gasteiger partial charge on any atom is 0.0653 e. The van der Waals surface area contributed by atoms with Crippen molar-refractivity contribution in [2.75, 3.05) is 0 Å². The lowest BCUT2D eigenvalue weighted by molar-refractivity contribution is 0.477. The Kier molecular flexibility index (Phi) is 131. The lowest BCUT2D eigenvalue weighted by Gasteiger charge is -2.08. The first kappa shape index (κ1) is 48.1. The molecule has 0 atom stereocenters. The number of hydrogen-bond donors (Lipinski definition) is 0. The second kappa shape index (κ2) is 38.1. The van der Waals surface area contributed by atoms with E-state index in [1.165, 1.54) is 19.3 Å². The highest BCUT2D eigenvalue weighted by Gasteiger charge is 1.98. The van der Waals surface area contributed by atoms with Crippen molar-refractivity contribution in [1.82, 2.24) is 0 Å². The molecule has 14 heavy (non-hydrogen) atoms. The minimum atomic E-state index is 0. The van der Waals surface area contributed by atoms with E-state index in [1.807, 2.05) is 0 Å². The van der Waals surface area contributed by atoms with Gasteiger partial charge in [-0.3, -0.25) is 0 Å². The van der Waals surface area contributed by atoms with E-state index < -0.39 is 0 Å². The Bertz CT molecular complexity index is 40.5. The third-order valence-electron chi connectivity index (χ3n) is 1.73. The normalized spacial score (nSPS) is 5.93. The Morgan fingerprint density at radius 2 is 1.07 bits per heavy atom. The highest BCUT2D eigenvalue weighted by molar-refractivity contribution is 6.08. The zero-order chi connectivity index (χ0) is 6.41. The van der Waals surface area contributed by atoms with Crippen LogP contribution in [0, 0.1) is 5.92 Å². The van der Waals surface area contributed by atoms with Gasteiger partial charge in [0.25, 0.3) is 0 Å². The minimum absolute atomic E-state index is 0. The van der Waals surface area contributed by atoms with E-state index in [1.54, 1.807) is 0 Å². The average molecular weight is 206 g/mol. The highest BCUT2D eigenvalue weighted by atomic mass is 14.0. The predicted octanol–water partition coefficient (Wildman–Crippen LogP) is 6.22. The molecule has 0 fully saturated rings. The van der Waals surface area contributed by atoms with Crippen LogP contribution >= 0.6 is 0 Å². The smallest absolute Gasteiger partial charge is 0.0653 e. The van der Waals surface area contributed by atoms with Gasteiger partial charge in [-0.15, -0.1) is 0 Å². The molecule has 94 valence electrons. The summed E-state index contributed by atoms with van der Waals surface area (Å²) in [7, 11) is 5.38. The second-order valence-corrected chi connectivity index (χ2v) is 2.26. The fourth-order valence-electron chi connectivity index (χ4n) is 0.933. The Hall–Kier alpha value is 0.0649. The molecule has 1 heteroatoms. The van der Waals surface area contributed by atoms with Gasteiger partial charge in [-0.1, -0.05) is 84.0 Å². The molecule has 0 bridgehead atoms. The molecular weight excluding hydrogens is 167 g/mol. The van der Waals surface area contributed by atoms with E-state index in [0.717, 1.165) is 12.2 Å². The van der Waals surface area contributed by atoms with Crippen LogP contribution in [0.4, 0.5) is 0 Å². The van der Waals surface area contributed by atoms with Gasteiger partial charge < -0.3 is 0 Å². The van der Waals surface area contributed by atoms with Crippen molar-refractivity contribution < 1.29 is 0 Å². The highest BCUT2D eigenvalue weighted by Crippen LogP contribution is 2.12. The van der Waals surface area contributed by atoms with Gasteiger partial charge in [0.05, 0.1) is 7.85 Å². The SMILES string of the molecule is C.C.C.C.C.C.[B]CCC(CC)CC. The van der Waals surface area contributed by atoms with Crippen LogP contribution in [0.25, 0.3) is 0 Å². The fraction of sp³-hybridized carbons (Fsp3) is 1.00. The van der Waals surface area contributed by atoms with Crippen LogP contribution in [-0.2, 0) is 0 Å². The van der Waals surface area contributed by atoms with Crippen LogP contribution in [0.5, 0.6) is 0 Å². The Morgan fingerprint density at radius 3 is 1.14 bits per heavy atom. The molecule has 0 saturated carbocycles. The molecule has 2 radical (unpaired) electrons. The molecule has 0 aromatic rings. The second-order valence-electron chi connectivity index (χ2n) is 2.26. The first-order valence-electron chi connectivity index (χ1n) is 3.55. The van der Waals surface area contributed by atoms with E-state index in [0.29, 0.717) is 0 Å². The molecule has 0 aliphatic rings. The molecule has 0 unspecified atom stereocenters. The maximum absolute atomic E-state index is 5.38. The van der Waals surface area contributed by atoms with E-state index in [4.69, 9.17) is 7.85 Å². The van der Waals surface area contributed by atoms with Crippen LogP contribution in [-0.4, -0.2) is 7.85 Å². The summed E-state index contributed by atoms with van der Waals surface area (Å²) in [5.74, 6) is 0.875. The van der Waals surface area contributed by atoms with Crippen LogP contribution in [0.15, 0.2) is 0 Å². The van der Waals surface area contributed by atoms with Crippen molar-refractivity contribution in [3.63, 3.8) is 0 Å². The van der Waals surface area contributed by atoms with E-state index in [9.17, 15) is 0 Å². The fourth-order valence-corrected chi connectivity index (χ4v) is 0.933. The summed E-state index contributed by atoms with van der Waals surface area (Å²) in [5.41, 5.74) is 0. The minimum Gasteiger partial charge on any atom is -0.0884 e. The lowest BCUT2D eigenvalue weighted by Crippen LogP contribution is -1.94. The molecule has 0 amide bonds. The molecule has 0 rings (SSSR count). The number of rotatable bonds is 4. The molecule has 0 aliphatic heterocycles. The van der Waals surface area contributed by atoms with Crippen molar-refractivity contribution >= 4 is 7.85 Å². The summed E-state index contributed by atoms with van der Waals surface area (Å²) < 4.78 is 0. The lowest BCUT2D eigenvalue weighted by atomic mass is 9.90. The maximum atomic E-state index is 5.38. The summed E-state index contributed by atoms with van der Waals surface area (Å²) >= 11 is 0. The largest absolute Gasteiger partial charge is 0.0884 e. The van der Waals surface area contributed by atoms with Crippen molar-refractivity contribution in [1.29, 1.82) is 0 Å². The van der Waals surface area contributed by atoms with Crippen LogP contribution < -0.4 is 0 Å². The van der Waals surface area contributed by atoms with Crippen molar-refractivity contribution in [3.05, 3.63) is 0 Å². The van der Waals surface area contributed by atoms with Gasteiger partial charge in [-0.25, -0.2) is 0 Å². The first-order chi connectivity index (χ1) is 3.85. The van der Waals surface area contributed by atoms with Crippen molar-refractivity contribution in [3.8, 4) is 0 Å². The van der Waals surface area contributed by atoms with Gasteiger partial charge in [0.1, 0.15) is 0 Å². The Labute approximate surface area is 98.3 Å². The van der Waals surface area contributed by atoms with Gasteiger partial charge in [0.2, 0.25) is 0 Å². The third-order valence-corrected chi connectivity index (χ3v) is 1.73. The predicted molar refractivity (Wildman–Crippen MR) is 79.6 cm³/mol. The molecule has 0 spiro atoms. The quantitative estimate of drug-likeness (QED) is 0.479.